The molecule has 14 heavy (non-hydrogen) atoms. The maximum atomic E-state index is 9.81. The van der Waals surface area contributed by atoms with Crippen LogP contribution in [0.15, 0.2) is 4.99 Å². The van der Waals surface area contributed by atoms with Crippen molar-refractivity contribution in [3.8, 4) is 0 Å². The molecule has 0 aromatic heterocycles. The SMILES string of the molecule is CC1(C)CN(C2=NCCN2)CCC1O. The van der Waals surface area contributed by atoms with Gasteiger partial charge in [0.05, 0.1) is 12.6 Å². The average Bonchev–Trinajstić information content (AvgIpc) is 2.62. The molecule has 2 aliphatic rings. The molecule has 2 aliphatic heterocycles. The quantitative estimate of drug-likeness (QED) is 0.576. The fourth-order valence-corrected chi connectivity index (χ4v) is 2.12. The first kappa shape index (κ1) is 9.77. The number of nitrogens with one attached hydrogen (secondary N) is 1. The van der Waals surface area contributed by atoms with Crippen molar-refractivity contribution in [2.75, 3.05) is 26.2 Å². The predicted molar refractivity (Wildman–Crippen MR) is 56.3 cm³/mol. The number of rotatable bonds is 0. The molecule has 1 fully saturated rings. The van der Waals surface area contributed by atoms with E-state index in [1.165, 1.54) is 0 Å². The zero-order valence-electron chi connectivity index (χ0n) is 8.95. The van der Waals surface area contributed by atoms with Crippen molar-refractivity contribution < 1.29 is 5.11 Å². The highest BCUT2D eigenvalue weighted by Crippen LogP contribution is 2.29. The molecule has 1 atom stereocenters. The van der Waals surface area contributed by atoms with Crippen molar-refractivity contribution in [1.82, 2.24) is 10.2 Å². The first-order chi connectivity index (χ1) is 6.59. The van der Waals surface area contributed by atoms with Crippen molar-refractivity contribution in [2.24, 2.45) is 10.4 Å². The summed E-state index contributed by atoms with van der Waals surface area (Å²) in [4.78, 5) is 6.65. The Morgan fingerprint density at radius 1 is 1.57 bits per heavy atom. The lowest BCUT2D eigenvalue weighted by Crippen LogP contribution is -2.53. The van der Waals surface area contributed by atoms with Gasteiger partial charge in [-0.3, -0.25) is 4.99 Å². The third kappa shape index (κ3) is 1.71. The van der Waals surface area contributed by atoms with Gasteiger partial charge in [0.15, 0.2) is 5.96 Å². The third-order valence-corrected chi connectivity index (χ3v) is 3.13. The van der Waals surface area contributed by atoms with E-state index < -0.39 is 0 Å². The van der Waals surface area contributed by atoms with Crippen LogP contribution in [0.2, 0.25) is 0 Å². The molecular weight excluding hydrogens is 178 g/mol. The van der Waals surface area contributed by atoms with Crippen molar-refractivity contribution in [1.29, 1.82) is 0 Å². The van der Waals surface area contributed by atoms with Crippen molar-refractivity contribution in [3.05, 3.63) is 0 Å². The highest BCUT2D eigenvalue weighted by Gasteiger charge is 2.35. The van der Waals surface area contributed by atoms with Crippen LogP contribution < -0.4 is 5.32 Å². The van der Waals surface area contributed by atoms with E-state index in [9.17, 15) is 5.11 Å². The number of nitrogens with zero attached hydrogens (tertiary/aromatic N) is 2. The highest BCUT2D eigenvalue weighted by molar-refractivity contribution is 5.81. The number of aliphatic hydroxyl groups excluding tert-OH is 1. The van der Waals surface area contributed by atoms with E-state index in [0.29, 0.717) is 0 Å². The number of piperidine rings is 1. The van der Waals surface area contributed by atoms with Gasteiger partial charge in [-0.25, -0.2) is 0 Å². The van der Waals surface area contributed by atoms with Crippen LogP contribution in [0.1, 0.15) is 20.3 Å². The zero-order valence-corrected chi connectivity index (χ0v) is 8.95. The minimum atomic E-state index is -0.180. The predicted octanol–water partition coefficient (Wildman–Crippen LogP) is 0.0384. The molecule has 1 unspecified atom stereocenters. The second-order valence-corrected chi connectivity index (χ2v) is 4.85. The molecular formula is C10H19N3O. The summed E-state index contributed by atoms with van der Waals surface area (Å²) in [6.45, 7) is 7.86. The molecule has 0 radical (unpaired) electrons. The van der Waals surface area contributed by atoms with Gasteiger partial charge < -0.3 is 15.3 Å². The third-order valence-electron chi connectivity index (χ3n) is 3.13. The lowest BCUT2D eigenvalue weighted by Gasteiger charge is -2.42. The summed E-state index contributed by atoms with van der Waals surface area (Å²) in [5, 5.41) is 13.1. The van der Waals surface area contributed by atoms with E-state index >= 15 is 0 Å². The lowest BCUT2D eigenvalue weighted by atomic mass is 9.81. The Labute approximate surface area is 85.0 Å². The van der Waals surface area contributed by atoms with E-state index in [0.717, 1.165) is 38.6 Å². The Bertz CT molecular complexity index is 250. The molecule has 1 saturated heterocycles. The van der Waals surface area contributed by atoms with Gasteiger partial charge in [-0.1, -0.05) is 13.8 Å². The summed E-state index contributed by atoms with van der Waals surface area (Å²) in [6.07, 6.45) is 0.661. The van der Waals surface area contributed by atoms with Gasteiger partial charge >= 0.3 is 0 Å². The number of guanidine groups is 1. The summed E-state index contributed by atoms with van der Waals surface area (Å²) in [7, 11) is 0. The maximum Gasteiger partial charge on any atom is 0.194 e. The Hall–Kier alpha value is -0.770. The summed E-state index contributed by atoms with van der Waals surface area (Å²) in [5.41, 5.74) is -0.0228. The molecule has 4 nitrogen and oxygen atoms in total. The molecule has 0 aromatic carbocycles. The van der Waals surface area contributed by atoms with Crippen LogP contribution in [0, 0.1) is 5.41 Å². The van der Waals surface area contributed by atoms with Crippen LogP contribution in [0.25, 0.3) is 0 Å². The van der Waals surface area contributed by atoms with Crippen molar-refractivity contribution in [2.45, 2.75) is 26.4 Å². The molecule has 0 amide bonds. The van der Waals surface area contributed by atoms with E-state index in [2.05, 4.69) is 29.1 Å². The van der Waals surface area contributed by atoms with Crippen LogP contribution >= 0.6 is 0 Å². The van der Waals surface area contributed by atoms with Gasteiger partial charge in [0.2, 0.25) is 0 Å². The van der Waals surface area contributed by atoms with Crippen LogP contribution in [0.5, 0.6) is 0 Å². The number of hydrogen-bond acceptors (Lipinski definition) is 4. The fraction of sp³-hybridized carbons (Fsp3) is 0.900. The maximum absolute atomic E-state index is 9.81. The monoisotopic (exact) mass is 197 g/mol. The number of aliphatic imine (C=N–C) groups is 1. The molecule has 0 aliphatic carbocycles. The minimum Gasteiger partial charge on any atom is -0.392 e. The smallest absolute Gasteiger partial charge is 0.194 e. The van der Waals surface area contributed by atoms with E-state index in [-0.39, 0.29) is 11.5 Å². The molecule has 2 N–H and O–H groups in total. The Morgan fingerprint density at radius 2 is 2.36 bits per heavy atom. The van der Waals surface area contributed by atoms with Gasteiger partial charge in [-0.05, 0) is 6.42 Å². The zero-order chi connectivity index (χ0) is 10.2. The molecule has 80 valence electrons. The Balaban J connectivity index is 2.03. The molecule has 2 rings (SSSR count). The number of likely N-dealkylation sites (tertiary alicyclic amines) is 1. The van der Waals surface area contributed by atoms with E-state index in [1.807, 2.05) is 0 Å². The van der Waals surface area contributed by atoms with Crippen LogP contribution in [0.3, 0.4) is 0 Å². The topological polar surface area (TPSA) is 47.9 Å². The standard InChI is InChI=1S/C10H19N3O/c1-10(2)7-13(6-3-8(10)14)9-11-4-5-12-9/h8,14H,3-7H2,1-2H3,(H,11,12). The largest absolute Gasteiger partial charge is 0.392 e. The van der Waals surface area contributed by atoms with Gasteiger partial charge in [0.25, 0.3) is 0 Å². The number of aliphatic hydroxyl groups is 1. The van der Waals surface area contributed by atoms with Gasteiger partial charge in [-0.15, -0.1) is 0 Å². The van der Waals surface area contributed by atoms with Gasteiger partial charge in [0.1, 0.15) is 0 Å². The highest BCUT2D eigenvalue weighted by atomic mass is 16.3. The molecule has 0 bridgehead atoms. The summed E-state index contributed by atoms with van der Waals surface area (Å²) in [5.74, 6) is 1.02. The van der Waals surface area contributed by atoms with Crippen molar-refractivity contribution >= 4 is 5.96 Å². The Kier molecular flexibility index (Phi) is 2.39. The van der Waals surface area contributed by atoms with Crippen molar-refractivity contribution in [3.63, 3.8) is 0 Å². The first-order valence-corrected chi connectivity index (χ1v) is 5.31. The average molecular weight is 197 g/mol. The lowest BCUT2D eigenvalue weighted by molar-refractivity contribution is -0.00473. The van der Waals surface area contributed by atoms with Crippen LogP contribution in [-0.4, -0.2) is 48.2 Å². The Morgan fingerprint density at radius 3 is 2.93 bits per heavy atom. The van der Waals surface area contributed by atoms with Crippen LogP contribution in [-0.2, 0) is 0 Å². The van der Waals surface area contributed by atoms with E-state index in [4.69, 9.17) is 0 Å². The van der Waals surface area contributed by atoms with Crippen LogP contribution in [0.4, 0.5) is 0 Å². The molecule has 0 saturated carbocycles. The molecule has 4 heteroatoms. The second-order valence-electron chi connectivity index (χ2n) is 4.85. The fourth-order valence-electron chi connectivity index (χ4n) is 2.12. The summed E-state index contributed by atoms with van der Waals surface area (Å²) in [6, 6.07) is 0. The molecule has 0 aromatic rings. The first-order valence-electron chi connectivity index (χ1n) is 5.31. The molecule has 2 heterocycles. The second kappa shape index (κ2) is 3.42. The molecule has 0 spiro atoms. The summed E-state index contributed by atoms with van der Waals surface area (Å²) < 4.78 is 0. The minimum absolute atomic E-state index is 0.0228. The summed E-state index contributed by atoms with van der Waals surface area (Å²) >= 11 is 0. The van der Waals surface area contributed by atoms with Gasteiger partial charge in [-0.2, -0.15) is 0 Å². The normalized spacial score (nSPS) is 31.2. The number of hydrogen-bond donors (Lipinski definition) is 2. The van der Waals surface area contributed by atoms with Gasteiger partial charge in [0, 0.05) is 25.0 Å². The van der Waals surface area contributed by atoms with E-state index in [1.54, 1.807) is 0 Å².